The molecule has 2 aromatic rings. The molecule has 0 aliphatic carbocycles. The summed E-state index contributed by atoms with van der Waals surface area (Å²) in [6, 6.07) is 9.64. The number of hydrogen-bond acceptors (Lipinski definition) is 5. The van der Waals surface area contributed by atoms with E-state index in [1.165, 1.54) is 4.88 Å². The minimum Gasteiger partial charge on any atom is -0.491 e. The third-order valence-electron chi connectivity index (χ3n) is 2.85. The number of aryl methyl sites for hydroxylation is 1. The molecule has 108 valence electrons. The van der Waals surface area contributed by atoms with Crippen LogP contribution in [0.1, 0.15) is 22.9 Å². The van der Waals surface area contributed by atoms with Crippen LogP contribution in [0.3, 0.4) is 0 Å². The number of aromatic nitrogens is 1. The first-order chi connectivity index (χ1) is 9.65. The van der Waals surface area contributed by atoms with Gasteiger partial charge in [0.2, 0.25) is 0 Å². The van der Waals surface area contributed by atoms with Crippen molar-refractivity contribution >= 4 is 11.3 Å². The van der Waals surface area contributed by atoms with Crippen molar-refractivity contribution in [1.29, 1.82) is 0 Å². The van der Waals surface area contributed by atoms with Gasteiger partial charge in [-0.05, 0) is 26.0 Å². The summed E-state index contributed by atoms with van der Waals surface area (Å²) in [5, 5.41) is 14.2. The largest absolute Gasteiger partial charge is 0.491 e. The predicted octanol–water partition coefficient (Wildman–Crippen LogP) is 2.54. The molecule has 2 N–H and O–H groups in total. The van der Waals surface area contributed by atoms with E-state index in [0.29, 0.717) is 6.54 Å². The first kappa shape index (κ1) is 15.0. The molecule has 0 saturated carbocycles. The Labute approximate surface area is 123 Å². The van der Waals surface area contributed by atoms with Crippen molar-refractivity contribution in [3.05, 3.63) is 46.4 Å². The summed E-state index contributed by atoms with van der Waals surface area (Å²) in [6.45, 7) is 4.84. The van der Waals surface area contributed by atoms with Gasteiger partial charge in [0, 0.05) is 17.6 Å². The zero-order chi connectivity index (χ0) is 14.4. The number of hydrogen-bond donors (Lipinski definition) is 2. The topological polar surface area (TPSA) is 54.4 Å². The monoisotopic (exact) mass is 292 g/mol. The molecule has 1 aromatic carbocycles. The van der Waals surface area contributed by atoms with Crippen molar-refractivity contribution in [3.63, 3.8) is 0 Å². The van der Waals surface area contributed by atoms with Crippen molar-refractivity contribution in [2.24, 2.45) is 0 Å². The van der Waals surface area contributed by atoms with Gasteiger partial charge in [0.05, 0.1) is 6.04 Å². The summed E-state index contributed by atoms with van der Waals surface area (Å²) < 4.78 is 5.51. The summed E-state index contributed by atoms with van der Waals surface area (Å²) in [7, 11) is 0. The average Bonchev–Trinajstić information content (AvgIpc) is 2.90. The molecule has 5 heteroatoms. The molecule has 0 aliphatic heterocycles. The summed E-state index contributed by atoms with van der Waals surface area (Å²) >= 11 is 1.67. The van der Waals surface area contributed by atoms with Crippen molar-refractivity contribution in [1.82, 2.24) is 10.3 Å². The molecule has 20 heavy (non-hydrogen) atoms. The second-order valence-corrected chi connectivity index (χ2v) is 5.98. The Hall–Kier alpha value is -1.43. The molecule has 2 atom stereocenters. The maximum absolute atomic E-state index is 9.91. The molecular weight excluding hydrogens is 272 g/mol. The fraction of sp³-hybridized carbons (Fsp3) is 0.400. The molecule has 1 heterocycles. The quantitative estimate of drug-likeness (QED) is 0.823. The first-order valence-electron chi connectivity index (χ1n) is 6.67. The summed E-state index contributed by atoms with van der Waals surface area (Å²) in [5.41, 5.74) is 0. The molecule has 1 aromatic heterocycles. The maximum atomic E-state index is 9.91. The van der Waals surface area contributed by atoms with Crippen molar-refractivity contribution in [3.8, 4) is 5.75 Å². The van der Waals surface area contributed by atoms with Crippen LogP contribution in [-0.2, 0) is 0 Å². The van der Waals surface area contributed by atoms with Gasteiger partial charge in [0.25, 0.3) is 0 Å². The number of benzene rings is 1. The smallest absolute Gasteiger partial charge is 0.119 e. The van der Waals surface area contributed by atoms with Crippen molar-refractivity contribution in [2.45, 2.75) is 26.0 Å². The highest BCUT2D eigenvalue weighted by Crippen LogP contribution is 2.18. The number of aliphatic hydroxyl groups is 1. The molecule has 0 aliphatic rings. The third-order valence-corrected chi connectivity index (χ3v) is 3.95. The summed E-state index contributed by atoms with van der Waals surface area (Å²) in [5.74, 6) is 0.773. The van der Waals surface area contributed by atoms with E-state index >= 15 is 0 Å². The fourth-order valence-electron chi connectivity index (χ4n) is 1.74. The van der Waals surface area contributed by atoms with Crippen LogP contribution in [0.5, 0.6) is 5.75 Å². The molecule has 2 rings (SSSR count). The molecule has 0 bridgehead atoms. The molecule has 0 spiro atoms. The maximum Gasteiger partial charge on any atom is 0.119 e. The van der Waals surface area contributed by atoms with Crippen LogP contribution in [-0.4, -0.2) is 29.3 Å². The molecule has 4 nitrogen and oxygen atoms in total. The average molecular weight is 292 g/mol. The van der Waals surface area contributed by atoms with Gasteiger partial charge >= 0.3 is 0 Å². The first-order valence-corrected chi connectivity index (χ1v) is 7.48. The van der Waals surface area contributed by atoms with Crippen LogP contribution in [0.25, 0.3) is 0 Å². The number of thiazole rings is 1. The second kappa shape index (κ2) is 7.38. The highest BCUT2D eigenvalue weighted by atomic mass is 32.1. The van der Waals surface area contributed by atoms with Crippen LogP contribution < -0.4 is 10.1 Å². The summed E-state index contributed by atoms with van der Waals surface area (Å²) in [6.07, 6.45) is 1.33. The van der Waals surface area contributed by atoms with E-state index in [-0.39, 0.29) is 12.6 Å². The molecule has 0 fully saturated rings. The Morgan fingerprint density at radius 2 is 2.10 bits per heavy atom. The van der Waals surface area contributed by atoms with E-state index in [4.69, 9.17) is 4.74 Å². The molecule has 0 amide bonds. The standard InChI is InChI=1S/C15H20N2O2S/c1-11-8-17-15(20-11)12(2)16-9-13(18)10-19-14-6-4-3-5-7-14/h3-8,12-13,16,18H,9-10H2,1-2H3. The second-order valence-electron chi connectivity index (χ2n) is 4.72. The summed E-state index contributed by atoms with van der Waals surface area (Å²) in [4.78, 5) is 5.53. The van der Waals surface area contributed by atoms with E-state index < -0.39 is 6.10 Å². The van der Waals surface area contributed by atoms with Crippen molar-refractivity contribution in [2.75, 3.05) is 13.2 Å². The SMILES string of the molecule is Cc1cnc(C(C)NCC(O)COc2ccccc2)s1. The fourth-order valence-corrected chi connectivity index (χ4v) is 2.54. The minimum absolute atomic E-state index is 0.139. The van der Waals surface area contributed by atoms with E-state index in [9.17, 15) is 5.11 Å². The predicted molar refractivity (Wildman–Crippen MR) is 81.2 cm³/mol. The van der Waals surface area contributed by atoms with Gasteiger partial charge in [-0.15, -0.1) is 11.3 Å². The normalized spacial score (nSPS) is 13.9. The zero-order valence-electron chi connectivity index (χ0n) is 11.7. The lowest BCUT2D eigenvalue weighted by molar-refractivity contribution is 0.104. The van der Waals surface area contributed by atoms with E-state index in [2.05, 4.69) is 10.3 Å². The Bertz CT molecular complexity index is 516. The van der Waals surface area contributed by atoms with Gasteiger partial charge in [0.15, 0.2) is 0 Å². The lowest BCUT2D eigenvalue weighted by atomic mass is 10.3. The van der Waals surface area contributed by atoms with Gasteiger partial charge < -0.3 is 15.2 Å². The van der Waals surface area contributed by atoms with Crippen LogP contribution in [0.2, 0.25) is 0 Å². The Kier molecular flexibility index (Phi) is 5.52. The van der Waals surface area contributed by atoms with Crippen LogP contribution in [0, 0.1) is 6.92 Å². The minimum atomic E-state index is -0.543. The van der Waals surface area contributed by atoms with Gasteiger partial charge in [-0.3, -0.25) is 0 Å². The highest BCUT2D eigenvalue weighted by Gasteiger charge is 2.11. The molecular formula is C15H20N2O2S. The number of nitrogens with one attached hydrogen (secondary N) is 1. The number of aliphatic hydroxyl groups excluding tert-OH is 1. The number of rotatable bonds is 7. The number of para-hydroxylation sites is 1. The van der Waals surface area contributed by atoms with E-state index in [1.54, 1.807) is 11.3 Å². The Morgan fingerprint density at radius 1 is 1.35 bits per heavy atom. The zero-order valence-corrected chi connectivity index (χ0v) is 12.6. The van der Waals surface area contributed by atoms with Crippen LogP contribution in [0.15, 0.2) is 36.5 Å². The van der Waals surface area contributed by atoms with Crippen LogP contribution >= 0.6 is 11.3 Å². The molecule has 2 unspecified atom stereocenters. The number of ether oxygens (including phenoxy) is 1. The molecule has 0 radical (unpaired) electrons. The number of nitrogens with zero attached hydrogens (tertiary/aromatic N) is 1. The lowest BCUT2D eigenvalue weighted by Gasteiger charge is -2.16. The highest BCUT2D eigenvalue weighted by molar-refractivity contribution is 7.11. The van der Waals surface area contributed by atoms with Crippen LogP contribution in [0.4, 0.5) is 0 Å². The van der Waals surface area contributed by atoms with E-state index in [1.807, 2.05) is 50.4 Å². The Balaban J connectivity index is 1.71. The van der Waals surface area contributed by atoms with Gasteiger partial charge in [0.1, 0.15) is 23.5 Å². The molecule has 0 saturated heterocycles. The van der Waals surface area contributed by atoms with E-state index in [0.717, 1.165) is 10.8 Å². The van der Waals surface area contributed by atoms with Gasteiger partial charge in [-0.2, -0.15) is 0 Å². The lowest BCUT2D eigenvalue weighted by Crippen LogP contribution is -2.33. The van der Waals surface area contributed by atoms with Gasteiger partial charge in [-0.25, -0.2) is 4.98 Å². The van der Waals surface area contributed by atoms with Crippen molar-refractivity contribution < 1.29 is 9.84 Å². The third kappa shape index (κ3) is 4.59. The Morgan fingerprint density at radius 3 is 2.75 bits per heavy atom. The van der Waals surface area contributed by atoms with Gasteiger partial charge in [-0.1, -0.05) is 18.2 Å².